The van der Waals surface area contributed by atoms with Gasteiger partial charge in [0.15, 0.2) is 5.00 Å². The van der Waals surface area contributed by atoms with Crippen molar-refractivity contribution in [2.75, 3.05) is 39.0 Å². The van der Waals surface area contributed by atoms with E-state index in [0.29, 0.717) is 13.1 Å². The van der Waals surface area contributed by atoms with Crippen LogP contribution in [0.3, 0.4) is 0 Å². The minimum absolute atomic E-state index is 0.0495. The van der Waals surface area contributed by atoms with Crippen LogP contribution in [0.2, 0.25) is 0 Å². The number of nitrogens with one attached hydrogen (secondary N) is 2. The van der Waals surface area contributed by atoms with Gasteiger partial charge in [0.05, 0.1) is 4.92 Å². The fourth-order valence-corrected chi connectivity index (χ4v) is 3.89. The Morgan fingerprint density at radius 3 is 2.57 bits per heavy atom. The second kappa shape index (κ2) is 7.69. The molecule has 0 fully saturated rings. The molecule has 10 heteroatoms. The van der Waals surface area contributed by atoms with Crippen LogP contribution < -0.4 is 10.0 Å². The number of nitro groups is 1. The molecule has 1 aromatic heterocycles. The van der Waals surface area contributed by atoms with Crippen LogP contribution in [-0.4, -0.2) is 52.0 Å². The first-order valence-electron chi connectivity index (χ1n) is 6.44. The predicted octanol–water partition coefficient (Wildman–Crippen LogP) is 1.32. The minimum atomic E-state index is -3.72. The highest BCUT2D eigenvalue weighted by Gasteiger charge is 2.25. The van der Waals surface area contributed by atoms with Crippen molar-refractivity contribution < 1.29 is 13.3 Å². The Bertz CT molecular complexity index is 583. The average molecular weight is 336 g/mol. The maximum atomic E-state index is 12.1. The van der Waals surface area contributed by atoms with Gasteiger partial charge in [-0.15, -0.1) is 0 Å². The number of nitrogens with zero attached hydrogens (tertiary/aromatic N) is 2. The van der Waals surface area contributed by atoms with Crippen LogP contribution in [0.25, 0.3) is 0 Å². The number of hydrogen-bond acceptors (Lipinski definition) is 7. The predicted molar refractivity (Wildman–Crippen MR) is 83.5 cm³/mol. The lowest BCUT2D eigenvalue weighted by atomic mass is 10.4. The third-order valence-corrected chi connectivity index (χ3v) is 5.55. The number of likely N-dealkylation sites (N-methyl/N-ethyl adjacent to an activating group) is 1. The summed E-state index contributed by atoms with van der Waals surface area (Å²) in [6.45, 7) is 3.27. The maximum Gasteiger partial charge on any atom is 0.304 e. The van der Waals surface area contributed by atoms with E-state index in [4.69, 9.17) is 0 Å². The second-order valence-corrected chi connectivity index (χ2v) is 7.71. The fraction of sp³-hybridized carbons (Fsp3) is 0.636. The fourth-order valence-electron chi connectivity index (χ4n) is 1.47. The standard InChI is InChI=1S/C11H20N4O4S2/c1-4-5-12-11-9(15(16)17)8-10(20-11)21(18,19)13-6-7-14(2)3/h8,12-13H,4-7H2,1-3H3. The number of anilines is 1. The van der Waals surface area contributed by atoms with Gasteiger partial charge in [0, 0.05) is 25.7 Å². The van der Waals surface area contributed by atoms with Gasteiger partial charge in [-0.05, 0) is 20.5 Å². The molecule has 0 amide bonds. The lowest BCUT2D eigenvalue weighted by Crippen LogP contribution is -2.30. The smallest absolute Gasteiger partial charge is 0.304 e. The molecule has 2 N–H and O–H groups in total. The van der Waals surface area contributed by atoms with Crippen molar-refractivity contribution >= 4 is 32.0 Å². The zero-order valence-electron chi connectivity index (χ0n) is 12.2. The molecular formula is C11H20N4O4S2. The summed E-state index contributed by atoms with van der Waals surface area (Å²) in [4.78, 5) is 12.2. The van der Waals surface area contributed by atoms with E-state index in [1.165, 1.54) is 0 Å². The molecule has 1 heterocycles. The summed E-state index contributed by atoms with van der Waals surface area (Å²) in [5.74, 6) is 0. The summed E-state index contributed by atoms with van der Waals surface area (Å²) in [5, 5.41) is 14.1. The Labute approximate surface area is 128 Å². The Morgan fingerprint density at radius 1 is 1.38 bits per heavy atom. The van der Waals surface area contributed by atoms with Crippen LogP contribution >= 0.6 is 11.3 Å². The highest BCUT2D eigenvalue weighted by molar-refractivity contribution is 7.91. The monoisotopic (exact) mass is 336 g/mol. The van der Waals surface area contributed by atoms with Gasteiger partial charge < -0.3 is 10.2 Å². The van der Waals surface area contributed by atoms with Gasteiger partial charge in [-0.3, -0.25) is 10.1 Å². The van der Waals surface area contributed by atoms with Crippen LogP contribution in [0, 0.1) is 10.1 Å². The van der Waals surface area contributed by atoms with Crippen molar-refractivity contribution in [1.82, 2.24) is 9.62 Å². The first-order chi connectivity index (χ1) is 9.77. The van der Waals surface area contributed by atoms with E-state index in [9.17, 15) is 18.5 Å². The molecule has 1 rings (SSSR count). The normalized spacial score (nSPS) is 11.8. The van der Waals surface area contributed by atoms with Gasteiger partial charge in [0.2, 0.25) is 10.0 Å². The molecule has 0 saturated carbocycles. The van der Waals surface area contributed by atoms with Crippen LogP contribution in [0.5, 0.6) is 0 Å². The van der Waals surface area contributed by atoms with Crippen molar-refractivity contribution in [3.05, 3.63) is 16.2 Å². The van der Waals surface area contributed by atoms with E-state index in [1.807, 2.05) is 25.9 Å². The first-order valence-corrected chi connectivity index (χ1v) is 8.74. The molecule has 0 radical (unpaired) electrons. The lowest BCUT2D eigenvalue weighted by Gasteiger charge is -2.09. The molecule has 0 aliphatic carbocycles. The molecular weight excluding hydrogens is 316 g/mol. The summed E-state index contributed by atoms with van der Waals surface area (Å²) in [5.41, 5.74) is -0.207. The largest absolute Gasteiger partial charge is 0.371 e. The molecule has 21 heavy (non-hydrogen) atoms. The third kappa shape index (κ3) is 5.23. The quantitative estimate of drug-likeness (QED) is 0.520. The Hall–Kier alpha value is -1.23. The highest BCUT2D eigenvalue weighted by Crippen LogP contribution is 2.36. The summed E-state index contributed by atoms with van der Waals surface area (Å²) in [6.07, 6.45) is 0.790. The van der Waals surface area contributed by atoms with E-state index < -0.39 is 14.9 Å². The molecule has 0 aliphatic rings. The van der Waals surface area contributed by atoms with Gasteiger partial charge >= 0.3 is 5.69 Å². The molecule has 0 bridgehead atoms. The lowest BCUT2D eigenvalue weighted by molar-refractivity contribution is -0.383. The molecule has 8 nitrogen and oxygen atoms in total. The molecule has 1 aromatic rings. The average Bonchev–Trinajstić information content (AvgIpc) is 2.80. The molecule has 0 atom stereocenters. The number of sulfonamides is 1. The van der Waals surface area contributed by atoms with E-state index >= 15 is 0 Å². The van der Waals surface area contributed by atoms with Gasteiger partial charge in [0.25, 0.3) is 0 Å². The second-order valence-electron chi connectivity index (χ2n) is 4.66. The molecule has 120 valence electrons. The van der Waals surface area contributed by atoms with E-state index in [0.717, 1.165) is 23.8 Å². The van der Waals surface area contributed by atoms with Crippen LogP contribution in [0.4, 0.5) is 10.7 Å². The van der Waals surface area contributed by atoms with Gasteiger partial charge in [-0.2, -0.15) is 0 Å². The van der Waals surface area contributed by atoms with E-state index in [-0.39, 0.29) is 21.4 Å². The van der Waals surface area contributed by atoms with Crippen molar-refractivity contribution in [3.8, 4) is 0 Å². The molecule has 0 aromatic carbocycles. The Kier molecular flexibility index (Phi) is 6.52. The first kappa shape index (κ1) is 17.8. The van der Waals surface area contributed by atoms with E-state index in [1.54, 1.807) is 0 Å². The molecule has 0 unspecified atom stereocenters. The Balaban J connectivity index is 2.93. The Morgan fingerprint density at radius 2 is 2.05 bits per heavy atom. The van der Waals surface area contributed by atoms with Gasteiger partial charge in [-0.1, -0.05) is 18.3 Å². The highest BCUT2D eigenvalue weighted by atomic mass is 32.2. The number of rotatable bonds is 9. The molecule has 0 saturated heterocycles. The zero-order valence-corrected chi connectivity index (χ0v) is 13.9. The van der Waals surface area contributed by atoms with Crippen molar-refractivity contribution in [2.24, 2.45) is 0 Å². The summed E-state index contributed by atoms with van der Waals surface area (Å²) in [6, 6.07) is 1.10. The van der Waals surface area contributed by atoms with Crippen molar-refractivity contribution in [1.29, 1.82) is 0 Å². The van der Waals surface area contributed by atoms with Crippen LogP contribution in [0.1, 0.15) is 13.3 Å². The van der Waals surface area contributed by atoms with Crippen molar-refractivity contribution in [2.45, 2.75) is 17.6 Å². The molecule has 0 aliphatic heterocycles. The zero-order chi connectivity index (χ0) is 16.0. The van der Waals surface area contributed by atoms with Crippen LogP contribution in [0.15, 0.2) is 10.3 Å². The summed E-state index contributed by atoms with van der Waals surface area (Å²) >= 11 is 0.877. The number of thiophene rings is 1. The van der Waals surface area contributed by atoms with Gasteiger partial charge in [0.1, 0.15) is 4.21 Å². The number of hydrogen-bond donors (Lipinski definition) is 2. The minimum Gasteiger partial charge on any atom is -0.371 e. The topological polar surface area (TPSA) is 105 Å². The SMILES string of the molecule is CCCNc1sc(S(=O)(=O)NCCN(C)C)cc1[N+](=O)[O-]. The van der Waals surface area contributed by atoms with E-state index in [2.05, 4.69) is 10.0 Å². The van der Waals surface area contributed by atoms with Gasteiger partial charge in [-0.25, -0.2) is 13.1 Å². The maximum absolute atomic E-state index is 12.1. The third-order valence-electron chi connectivity index (χ3n) is 2.54. The van der Waals surface area contributed by atoms with Crippen molar-refractivity contribution in [3.63, 3.8) is 0 Å². The summed E-state index contributed by atoms with van der Waals surface area (Å²) < 4.78 is 26.6. The summed E-state index contributed by atoms with van der Waals surface area (Å²) in [7, 11) is -0.0579. The molecule has 0 spiro atoms. The van der Waals surface area contributed by atoms with Crippen LogP contribution in [-0.2, 0) is 10.0 Å².